The van der Waals surface area contributed by atoms with Crippen LogP contribution in [0.4, 0.5) is 5.69 Å². The Morgan fingerprint density at radius 1 is 1.10 bits per heavy atom. The van der Waals surface area contributed by atoms with Gasteiger partial charge in [0, 0.05) is 18.2 Å². The van der Waals surface area contributed by atoms with E-state index in [9.17, 15) is 14.4 Å². The van der Waals surface area contributed by atoms with Crippen molar-refractivity contribution in [2.45, 2.75) is 6.92 Å². The van der Waals surface area contributed by atoms with Crippen LogP contribution in [-0.4, -0.2) is 34.2 Å². The van der Waals surface area contributed by atoms with Crippen molar-refractivity contribution < 1.29 is 19.1 Å². The third kappa shape index (κ3) is 5.01. The van der Waals surface area contributed by atoms with E-state index in [0.29, 0.717) is 21.9 Å². The van der Waals surface area contributed by atoms with Crippen molar-refractivity contribution in [3.63, 3.8) is 0 Å². The van der Waals surface area contributed by atoms with E-state index in [1.165, 1.54) is 14.0 Å². The number of nitrogens with one attached hydrogen (secondary N) is 2. The average Bonchev–Trinajstić information content (AvgIpc) is 2.96. The molecule has 2 N–H and O–H groups in total. The first-order chi connectivity index (χ1) is 13.9. The van der Waals surface area contributed by atoms with E-state index >= 15 is 0 Å². The number of carbonyl (C=O) groups excluding carboxylic acids is 3. The van der Waals surface area contributed by atoms with E-state index in [0.717, 1.165) is 22.3 Å². The van der Waals surface area contributed by atoms with Crippen molar-refractivity contribution in [3.05, 3.63) is 64.6 Å². The van der Waals surface area contributed by atoms with Gasteiger partial charge in [-0.2, -0.15) is 5.01 Å². The lowest BCUT2D eigenvalue weighted by Crippen LogP contribution is -2.44. The van der Waals surface area contributed by atoms with Gasteiger partial charge in [-0.15, -0.1) is 0 Å². The van der Waals surface area contributed by atoms with Gasteiger partial charge in [-0.3, -0.25) is 19.8 Å². The molecule has 0 saturated carbocycles. The highest BCUT2D eigenvalue weighted by molar-refractivity contribution is 8.26. The molecule has 0 bridgehead atoms. The SMILES string of the molecule is COc1ccc(C(=O)NN2C(=O)C(=Cc3ccc(NC(C)=O)cc3)SC2=S)cc1. The minimum absolute atomic E-state index is 0.161. The first-order valence-electron chi connectivity index (χ1n) is 8.48. The average molecular weight is 428 g/mol. The van der Waals surface area contributed by atoms with Crippen molar-refractivity contribution in [1.82, 2.24) is 10.4 Å². The van der Waals surface area contributed by atoms with Crippen LogP contribution in [0.3, 0.4) is 0 Å². The van der Waals surface area contributed by atoms with Crippen LogP contribution < -0.4 is 15.5 Å². The molecule has 1 aliphatic heterocycles. The number of ether oxygens (including phenoxy) is 1. The Kier molecular flexibility index (Phi) is 6.30. The Morgan fingerprint density at radius 2 is 1.76 bits per heavy atom. The number of rotatable bonds is 5. The topological polar surface area (TPSA) is 87.7 Å². The molecule has 1 heterocycles. The first kappa shape index (κ1) is 20.6. The van der Waals surface area contributed by atoms with Gasteiger partial charge < -0.3 is 10.1 Å². The molecule has 7 nitrogen and oxygen atoms in total. The number of hydrazine groups is 1. The molecule has 29 heavy (non-hydrogen) atoms. The molecule has 3 amide bonds. The van der Waals surface area contributed by atoms with Crippen LogP contribution in [-0.2, 0) is 9.59 Å². The zero-order valence-corrected chi connectivity index (χ0v) is 17.2. The molecule has 0 aliphatic carbocycles. The molecule has 148 valence electrons. The molecule has 0 radical (unpaired) electrons. The zero-order chi connectivity index (χ0) is 21.0. The van der Waals surface area contributed by atoms with Crippen LogP contribution in [0.15, 0.2) is 53.4 Å². The van der Waals surface area contributed by atoms with E-state index in [2.05, 4.69) is 10.7 Å². The van der Waals surface area contributed by atoms with E-state index in [4.69, 9.17) is 17.0 Å². The summed E-state index contributed by atoms with van der Waals surface area (Å²) < 4.78 is 5.30. The lowest BCUT2D eigenvalue weighted by Gasteiger charge is -2.15. The second kappa shape index (κ2) is 8.89. The van der Waals surface area contributed by atoms with Crippen LogP contribution in [0.5, 0.6) is 5.75 Å². The highest BCUT2D eigenvalue weighted by Crippen LogP contribution is 2.31. The van der Waals surface area contributed by atoms with Crippen LogP contribution in [0, 0.1) is 0 Å². The van der Waals surface area contributed by atoms with Crippen LogP contribution in [0.2, 0.25) is 0 Å². The number of nitrogens with zero attached hydrogens (tertiary/aromatic N) is 1. The molecule has 0 atom stereocenters. The predicted molar refractivity (Wildman–Crippen MR) is 116 cm³/mol. The molecular formula is C20H17N3O4S2. The maximum absolute atomic E-state index is 12.7. The fourth-order valence-corrected chi connectivity index (χ4v) is 3.67. The van der Waals surface area contributed by atoms with Crippen molar-refractivity contribution in [2.75, 3.05) is 12.4 Å². The highest BCUT2D eigenvalue weighted by atomic mass is 32.2. The number of anilines is 1. The van der Waals surface area contributed by atoms with Crippen LogP contribution in [0.25, 0.3) is 6.08 Å². The maximum Gasteiger partial charge on any atom is 0.285 e. The molecule has 1 saturated heterocycles. The summed E-state index contributed by atoms with van der Waals surface area (Å²) in [6, 6.07) is 13.5. The Bertz CT molecular complexity index is 1000. The van der Waals surface area contributed by atoms with Gasteiger partial charge in [0.05, 0.1) is 12.0 Å². The van der Waals surface area contributed by atoms with E-state index in [1.54, 1.807) is 54.6 Å². The van der Waals surface area contributed by atoms with Crippen molar-refractivity contribution in [1.29, 1.82) is 0 Å². The molecule has 0 spiro atoms. The Balaban J connectivity index is 1.70. The van der Waals surface area contributed by atoms with Gasteiger partial charge in [-0.1, -0.05) is 23.9 Å². The minimum atomic E-state index is -0.454. The molecule has 0 unspecified atom stereocenters. The highest BCUT2D eigenvalue weighted by Gasteiger charge is 2.33. The number of thioether (sulfide) groups is 1. The summed E-state index contributed by atoms with van der Waals surface area (Å²) in [6.45, 7) is 1.43. The molecule has 9 heteroatoms. The summed E-state index contributed by atoms with van der Waals surface area (Å²) in [5, 5.41) is 3.74. The number of benzene rings is 2. The monoisotopic (exact) mass is 427 g/mol. The first-order valence-corrected chi connectivity index (χ1v) is 9.70. The Labute approximate surface area is 177 Å². The van der Waals surface area contributed by atoms with Gasteiger partial charge in [-0.25, -0.2) is 0 Å². The second-order valence-corrected chi connectivity index (χ2v) is 7.67. The molecular weight excluding hydrogens is 410 g/mol. The number of methoxy groups -OCH3 is 1. The fourth-order valence-electron chi connectivity index (χ4n) is 2.49. The summed E-state index contributed by atoms with van der Waals surface area (Å²) in [7, 11) is 1.54. The third-order valence-electron chi connectivity index (χ3n) is 3.89. The van der Waals surface area contributed by atoms with E-state index in [1.807, 2.05) is 0 Å². The number of hydrogen-bond acceptors (Lipinski definition) is 6. The minimum Gasteiger partial charge on any atom is -0.497 e. The van der Waals surface area contributed by atoms with Gasteiger partial charge >= 0.3 is 0 Å². The van der Waals surface area contributed by atoms with E-state index < -0.39 is 11.8 Å². The van der Waals surface area contributed by atoms with Crippen molar-refractivity contribution in [3.8, 4) is 5.75 Å². The van der Waals surface area contributed by atoms with Crippen molar-refractivity contribution in [2.24, 2.45) is 0 Å². The van der Waals surface area contributed by atoms with Gasteiger partial charge in [0.1, 0.15) is 5.75 Å². The number of hydrogen-bond donors (Lipinski definition) is 2. The second-order valence-electron chi connectivity index (χ2n) is 5.99. The van der Waals surface area contributed by atoms with E-state index in [-0.39, 0.29) is 10.2 Å². The van der Waals surface area contributed by atoms with Gasteiger partial charge in [0.15, 0.2) is 4.32 Å². The molecule has 3 rings (SSSR count). The molecule has 2 aromatic rings. The van der Waals surface area contributed by atoms with Crippen molar-refractivity contribution >= 4 is 57.8 Å². The van der Waals surface area contributed by atoms with Gasteiger partial charge in [0.2, 0.25) is 5.91 Å². The molecule has 2 aromatic carbocycles. The maximum atomic E-state index is 12.7. The lowest BCUT2D eigenvalue weighted by atomic mass is 10.2. The quantitative estimate of drug-likeness (QED) is 0.563. The van der Waals surface area contributed by atoms with Crippen LogP contribution >= 0.6 is 24.0 Å². The standard InChI is InChI=1S/C20H17N3O4S2/c1-12(24)21-15-7-3-13(4-8-15)11-17-19(26)23(20(28)29-17)22-18(25)14-5-9-16(27-2)10-6-14/h3-11H,1-2H3,(H,21,24)(H,22,25). The largest absolute Gasteiger partial charge is 0.497 e. The summed E-state index contributed by atoms with van der Waals surface area (Å²) in [6.07, 6.45) is 1.68. The summed E-state index contributed by atoms with van der Waals surface area (Å²) in [5.74, 6) is -0.400. The fraction of sp³-hybridized carbons (Fsp3) is 0.100. The number of carbonyl (C=O) groups is 3. The summed E-state index contributed by atoms with van der Waals surface area (Å²) in [4.78, 5) is 36.5. The van der Waals surface area contributed by atoms with Gasteiger partial charge in [-0.05, 0) is 60.3 Å². The normalized spacial score (nSPS) is 14.8. The molecule has 1 aliphatic rings. The lowest BCUT2D eigenvalue weighted by molar-refractivity contribution is -0.123. The number of thiocarbonyl (C=S) groups is 1. The summed E-state index contributed by atoms with van der Waals surface area (Å²) in [5.41, 5.74) is 4.33. The molecule has 1 fully saturated rings. The summed E-state index contributed by atoms with van der Waals surface area (Å²) >= 11 is 6.33. The molecule has 0 aromatic heterocycles. The Hall–Kier alpha value is -3.17. The number of amides is 3. The smallest absolute Gasteiger partial charge is 0.285 e. The van der Waals surface area contributed by atoms with Crippen LogP contribution in [0.1, 0.15) is 22.8 Å². The zero-order valence-electron chi connectivity index (χ0n) is 15.6. The van der Waals surface area contributed by atoms with Gasteiger partial charge in [0.25, 0.3) is 11.8 Å². The predicted octanol–water partition coefficient (Wildman–Crippen LogP) is 3.20. The third-order valence-corrected chi connectivity index (χ3v) is 5.19. The Morgan fingerprint density at radius 3 is 2.34 bits per heavy atom.